The van der Waals surface area contributed by atoms with Gasteiger partial charge in [0, 0.05) is 5.92 Å². The third-order valence-electron chi connectivity index (χ3n) is 5.91. The summed E-state index contributed by atoms with van der Waals surface area (Å²) in [5.41, 5.74) is -1.16. The molecule has 2 aromatic rings. The fourth-order valence-electron chi connectivity index (χ4n) is 4.37. The van der Waals surface area contributed by atoms with Crippen LogP contribution in [0.5, 0.6) is 5.88 Å². The van der Waals surface area contributed by atoms with Crippen molar-refractivity contribution < 1.29 is 24.0 Å². The van der Waals surface area contributed by atoms with Gasteiger partial charge in [0.2, 0.25) is 5.78 Å². The number of hydrogen-bond donors (Lipinski definition) is 1. The quantitative estimate of drug-likeness (QED) is 0.751. The number of carbonyl (C=O) groups excluding carboxylic acids is 2. The van der Waals surface area contributed by atoms with Crippen molar-refractivity contribution >= 4 is 11.6 Å². The number of fused-ring (bicyclic) bond motifs is 2. The molecular weight excluding hydrogens is 372 g/mol. The molecule has 1 unspecified atom stereocenters. The van der Waals surface area contributed by atoms with Crippen LogP contribution in [0, 0.1) is 5.92 Å². The van der Waals surface area contributed by atoms with Crippen LogP contribution in [0.25, 0.3) is 0 Å². The molecule has 0 amide bonds. The first-order chi connectivity index (χ1) is 14.0. The second-order valence-corrected chi connectivity index (χ2v) is 7.37. The summed E-state index contributed by atoms with van der Waals surface area (Å²) >= 11 is 0. The summed E-state index contributed by atoms with van der Waals surface area (Å²) in [4.78, 5) is 28.0. The van der Waals surface area contributed by atoms with Gasteiger partial charge < -0.3 is 14.4 Å². The lowest BCUT2D eigenvalue weighted by molar-refractivity contribution is -0.137. The molecule has 29 heavy (non-hydrogen) atoms. The summed E-state index contributed by atoms with van der Waals surface area (Å²) < 4.78 is 11.4. The van der Waals surface area contributed by atoms with Crippen molar-refractivity contribution in [3.63, 3.8) is 0 Å². The molecule has 0 fully saturated rings. The molecule has 2 aliphatic carbocycles. The Morgan fingerprint density at radius 1 is 1.24 bits per heavy atom. The lowest BCUT2D eigenvalue weighted by Crippen LogP contribution is -2.60. The van der Waals surface area contributed by atoms with Crippen LogP contribution in [0.2, 0.25) is 0 Å². The largest absolute Gasteiger partial charge is 0.470 e. The maximum absolute atomic E-state index is 13.3. The van der Waals surface area contributed by atoms with E-state index in [0.717, 1.165) is 5.56 Å². The SMILES string of the molecule is CCN(CC)[C@@H]1c2onc(OCc3ccccc3)c2C(=O)[C@@]2(O)C(=O)C=CCC12. The summed E-state index contributed by atoms with van der Waals surface area (Å²) in [5.74, 6) is -1.55. The Bertz CT molecular complexity index is 947. The lowest BCUT2D eigenvalue weighted by atomic mass is 9.65. The first kappa shape index (κ1) is 19.5. The standard InChI is InChI=1S/C22H24N2O5/c1-3-24(4-2)18-15-11-8-12-16(25)22(15,27)20(26)17-19(18)29-23-21(17)28-13-14-9-6-5-7-10-14/h5-10,12,15,18,27H,3-4,11,13H2,1-2H3/t15?,18-,22-/m0/s1. The number of Topliss-reactive ketones (excluding diaryl/α,β-unsaturated/α-hetero) is 1. The zero-order valence-corrected chi connectivity index (χ0v) is 16.5. The average molecular weight is 396 g/mol. The molecule has 0 saturated carbocycles. The van der Waals surface area contributed by atoms with E-state index in [4.69, 9.17) is 9.26 Å². The van der Waals surface area contributed by atoms with Crippen molar-refractivity contribution in [1.82, 2.24) is 10.1 Å². The summed E-state index contributed by atoms with van der Waals surface area (Å²) in [6, 6.07) is 9.02. The van der Waals surface area contributed by atoms with Gasteiger partial charge >= 0.3 is 0 Å². The molecule has 7 nitrogen and oxygen atoms in total. The molecule has 0 radical (unpaired) electrons. The number of allylic oxidation sites excluding steroid dienone is 1. The van der Waals surface area contributed by atoms with Crippen LogP contribution in [0.1, 0.15) is 48.0 Å². The number of carbonyl (C=O) groups is 2. The van der Waals surface area contributed by atoms with E-state index in [2.05, 4.69) is 10.1 Å². The number of rotatable bonds is 6. The van der Waals surface area contributed by atoms with E-state index in [1.165, 1.54) is 6.08 Å². The van der Waals surface area contributed by atoms with E-state index in [1.54, 1.807) is 6.08 Å². The number of aromatic nitrogens is 1. The van der Waals surface area contributed by atoms with Gasteiger partial charge in [0.25, 0.3) is 5.88 Å². The molecule has 1 N–H and O–H groups in total. The Hall–Kier alpha value is -2.77. The molecule has 1 aromatic carbocycles. The first-order valence-corrected chi connectivity index (χ1v) is 9.90. The average Bonchev–Trinajstić information content (AvgIpc) is 3.16. The van der Waals surface area contributed by atoms with Gasteiger partial charge in [-0.3, -0.25) is 14.5 Å². The van der Waals surface area contributed by atoms with Gasteiger partial charge in [0.05, 0.1) is 6.04 Å². The molecule has 0 saturated heterocycles. The number of nitrogens with zero attached hydrogens (tertiary/aromatic N) is 2. The predicted octanol–water partition coefficient (Wildman–Crippen LogP) is 2.71. The Balaban J connectivity index is 1.78. The maximum atomic E-state index is 13.3. The van der Waals surface area contributed by atoms with Gasteiger partial charge in [-0.25, -0.2) is 0 Å². The lowest BCUT2D eigenvalue weighted by Gasteiger charge is -2.45. The van der Waals surface area contributed by atoms with Crippen molar-refractivity contribution in [2.75, 3.05) is 13.1 Å². The van der Waals surface area contributed by atoms with Crippen LogP contribution in [0.3, 0.4) is 0 Å². The third-order valence-corrected chi connectivity index (χ3v) is 5.91. The van der Waals surface area contributed by atoms with Crippen molar-refractivity contribution in [2.24, 2.45) is 5.92 Å². The monoisotopic (exact) mass is 396 g/mol. The number of aliphatic hydroxyl groups is 1. The highest BCUT2D eigenvalue weighted by atomic mass is 16.5. The predicted molar refractivity (Wildman–Crippen MR) is 104 cm³/mol. The highest BCUT2D eigenvalue weighted by Crippen LogP contribution is 2.49. The van der Waals surface area contributed by atoms with Crippen molar-refractivity contribution in [2.45, 2.75) is 38.5 Å². The highest BCUT2D eigenvalue weighted by molar-refractivity contribution is 6.23. The number of hydrogen-bond acceptors (Lipinski definition) is 7. The van der Waals surface area contributed by atoms with Crippen LogP contribution in [0.15, 0.2) is 47.0 Å². The van der Waals surface area contributed by atoms with E-state index in [9.17, 15) is 14.7 Å². The fraction of sp³-hybridized carbons (Fsp3) is 0.409. The van der Waals surface area contributed by atoms with Gasteiger partial charge in [-0.2, -0.15) is 0 Å². The minimum Gasteiger partial charge on any atom is -0.470 e. The van der Waals surface area contributed by atoms with Crippen LogP contribution >= 0.6 is 0 Å². The summed E-state index contributed by atoms with van der Waals surface area (Å²) in [7, 11) is 0. The zero-order valence-electron chi connectivity index (χ0n) is 16.5. The van der Waals surface area contributed by atoms with E-state index >= 15 is 0 Å². The smallest absolute Gasteiger partial charge is 0.265 e. The van der Waals surface area contributed by atoms with Gasteiger partial charge in [-0.15, -0.1) is 0 Å². The van der Waals surface area contributed by atoms with Crippen LogP contribution < -0.4 is 4.74 Å². The zero-order chi connectivity index (χ0) is 20.6. The normalized spacial score (nSPS) is 25.8. The van der Waals surface area contributed by atoms with E-state index in [1.807, 2.05) is 44.2 Å². The Labute approximate surface area is 168 Å². The molecule has 3 atom stereocenters. The van der Waals surface area contributed by atoms with Gasteiger partial charge in [0.15, 0.2) is 17.1 Å². The van der Waals surface area contributed by atoms with E-state index in [-0.39, 0.29) is 18.1 Å². The Morgan fingerprint density at radius 3 is 2.66 bits per heavy atom. The molecule has 7 heteroatoms. The molecule has 1 aromatic heterocycles. The topological polar surface area (TPSA) is 92.9 Å². The van der Waals surface area contributed by atoms with Gasteiger partial charge in [-0.05, 0) is 36.3 Å². The number of benzene rings is 1. The minimum atomic E-state index is -2.13. The molecule has 1 heterocycles. The van der Waals surface area contributed by atoms with E-state index in [0.29, 0.717) is 25.3 Å². The summed E-state index contributed by atoms with van der Waals surface area (Å²) in [5, 5.41) is 15.3. The fourth-order valence-corrected chi connectivity index (χ4v) is 4.37. The van der Waals surface area contributed by atoms with Crippen molar-refractivity contribution in [1.29, 1.82) is 0 Å². The second-order valence-electron chi connectivity index (χ2n) is 7.37. The maximum Gasteiger partial charge on any atom is 0.265 e. The molecular formula is C22H24N2O5. The van der Waals surface area contributed by atoms with Crippen molar-refractivity contribution in [3.8, 4) is 5.88 Å². The van der Waals surface area contributed by atoms with E-state index < -0.39 is 29.1 Å². The molecule has 0 bridgehead atoms. The Kier molecular flexibility index (Phi) is 5.10. The summed E-state index contributed by atoms with van der Waals surface area (Å²) in [6.07, 6.45) is 3.39. The van der Waals surface area contributed by atoms with Gasteiger partial charge in [-0.1, -0.05) is 50.3 Å². The molecule has 4 rings (SSSR count). The van der Waals surface area contributed by atoms with Crippen molar-refractivity contribution in [3.05, 3.63) is 59.4 Å². The molecule has 0 aliphatic heterocycles. The summed E-state index contributed by atoms with van der Waals surface area (Å²) in [6.45, 7) is 5.50. The van der Waals surface area contributed by atoms with Gasteiger partial charge in [0.1, 0.15) is 12.2 Å². The minimum absolute atomic E-state index is 0.0141. The Morgan fingerprint density at radius 2 is 1.97 bits per heavy atom. The molecule has 0 spiro atoms. The van der Waals surface area contributed by atoms with Crippen LogP contribution in [-0.4, -0.2) is 45.4 Å². The number of ether oxygens (including phenoxy) is 1. The first-order valence-electron chi connectivity index (χ1n) is 9.90. The third kappa shape index (κ3) is 3.01. The second kappa shape index (κ2) is 7.57. The molecule has 152 valence electrons. The van der Waals surface area contributed by atoms with Crippen LogP contribution in [-0.2, 0) is 11.4 Å². The van der Waals surface area contributed by atoms with Crippen LogP contribution in [0.4, 0.5) is 0 Å². The number of ketones is 2. The highest BCUT2D eigenvalue weighted by Gasteiger charge is 2.61. The molecule has 2 aliphatic rings.